The predicted octanol–water partition coefficient (Wildman–Crippen LogP) is 2.99. The molecule has 1 aromatic heterocycles. The maximum absolute atomic E-state index is 5.85. The van der Waals surface area contributed by atoms with E-state index in [9.17, 15) is 0 Å². The van der Waals surface area contributed by atoms with Crippen LogP contribution < -0.4 is 10.5 Å². The van der Waals surface area contributed by atoms with Gasteiger partial charge in [-0.25, -0.2) is 0 Å². The number of nitrogens with two attached hydrogens (primary N) is 1. The van der Waals surface area contributed by atoms with Gasteiger partial charge >= 0.3 is 0 Å². The van der Waals surface area contributed by atoms with Gasteiger partial charge in [-0.1, -0.05) is 18.2 Å². The van der Waals surface area contributed by atoms with Gasteiger partial charge in [-0.15, -0.1) is 0 Å². The highest BCUT2D eigenvalue weighted by Gasteiger charge is 2.04. The first kappa shape index (κ1) is 12.6. The van der Waals surface area contributed by atoms with E-state index < -0.39 is 0 Å². The molecule has 18 heavy (non-hydrogen) atoms. The Morgan fingerprint density at radius 2 is 2.17 bits per heavy atom. The number of benzene rings is 1. The van der Waals surface area contributed by atoms with Gasteiger partial charge in [0, 0.05) is 24.0 Å². The van der Waals surface area contributed by atoms with E-state index in [2.05, 4.69) is 11.1 Å². The van der Waals surface area contributed by atoms with Gasteiger partial charge in [0.25, 0.3) is 0 Å². The summed E-state index contributed by atoms with van der Waals surface area (Å²) >= 11 is 0. The summed E-state index contributed by atoms with van der Waals surface area (Å²) in [6.45, 7) is 4.54. The summed E-state index contributed by atoms with van der Waals surface area (Å²) in [4.78, 5) is 4.06. The lowest BCUT2D eigenvalue weighted by Gasteiger charge is -2.12. The summed E-state index contributed by atoms with van der Waals surface area (Å²) in [7, 11) is 0. The molecular weight excluding hydrogens is 224 g/mol. The van der Waals surface area contributed by atoms with Crippen LogP contribution in [0.25, 0.3) is 0 Å². The average molecular weight is 242 g/mol. The van der Waals surface area contributed by atoms with Crippen molar-refractivity contribution in [1.29, 1.82) is 0 Å². The summed E-state index contributed by atoms with van der Waals surface area (Å²) in [6.07, 6.45) is 3.57. The van der Waals surface area contributed by atoms with Gasteiger partial charge in [-0.2, -0.15) is 0 Å². The van der Waals surface area contributed by atoms with E-state index >= 15 is 0 Å². The molecule has 94 valence electrons. The molecule has 3 heteroatoms. The third-order valence-corrected chi connectivity index (χ3v) is 2.84. The largest absolute Gasteiger partial charge is 0.489 e. The monoisotopic (exact) mass is 242 g/mol. The molecule has 1 aromatic carbocycles. The number of pyridine rings is 1. The van der Waals surface area contributed by atoms with Gasteiger partial charge in [-0.05, 0) is 37.1 Å². The standard InChI is InChI=1S/C15H18N2O/c1-11-8-14(12(2)16)5-6-15(11)18-10-13-4-3-7-17-9-13/h3-9,12H,10,16H2,1-2H3/t12-/m1/s1. The van der Waals surface area contributed by atoms with Crippen LogP contribution in [0.4, 0.5) is 0 Å². The highest BCUT2D eigenvalue weighted by atomic mass is 16.5. The fraction of sp³-hybridized carbons (Fsp3) is 0.267. The van der Waals surface area contributed by atoms with E-state index in [0.717, 1.165) is 22.4 Å². The number of rotatable bonds is 4. The molecule has 0 saturated heterocycles. The quantitative estimate of drug-likeness (QED) is 0.896. The van der Waals surface area contributed by atoms with Crippen LogP contribution in [0.15, 0.2) is 42.7 Å². The van der Waals surface area contributed by atoms with Crippen molar-refractivity contribution in [3.8, 4) is 5.75 Å². The minimum atomic E-state index is 0.0519. The SMILES string of the molecule is Cc1cc([C@@H](C)N)ccc1OCc1cccnc1. The summed E-state index contributed by atoms with van der Waals surface area (Å²) in [6, 6.07) is 10.0. The van der Waals surface area contributed by atoms with E-state index in [1.165, 1.54) is 0 Å². The van der Waals surface area contributed by atoms with Crippen LogP contribution in [-0.2, 0) is 6.61 Å². The number of nitrogens with zero attached hydrogens (tertiary/aromatic N) is 1. The van der Waals surface area contributed by atoms with E-state index in [1.807, 2.05) is 44.3 Å². The van der Waals surface area contributed by atoms with E-state index in [0.29, 0.717) is 6.61 Å². The molecule has 0 unspecified atom stereocenters. The van der Waals surface area contributed by atoms with Crippen LogP contribution in [0.1, 0.15) is 29.7 Å². The summed E-state index contributed by atoms with van der Waals surface area (Å²) in [5.74, 6) is 0.892. The summed E-state index contributed by atoms with van der Waals surface area (Å²) in [5.41, 5.74) is 9.14. The van der Waals surface area contributed by atoms with Crippen LogP contribution in [0.5, 0.6) is 5.75 Å². The number of aromatic nitrogens is 1. The molecule has 0 fully saturated rings. The Kier molecular flexibility index (Phi) is 3.95. The molecule has 0 aliphatic carbocycles. The zero-order valence-electron chi connectivity index (χ0n) is 10.8. The zero-order chi connectivity index (χ0) is 13.0. The maximum Gasteiger partial charge on any atom is 0.122 e. The van der Waals surface area contributed by atoms with Crippen molar-refractivity contribution in [3.63, 3.8) is 0 Å². The average Bonchev–Trinajstić information content (AvgIpc) is 2.38. The van der Waals surface area contributed by atoms with E-state index in [4.69, 9.17) is 10.5 Å². The lowest BCUT2D eigenvalue weighted by atomic mass is 10.1. The van der Waals surface area contributed by atoms with Gasteiger partial charge in [0.05, 0.1) is 0 Å². The molecule has 2 aromatic rings. The lowest BCUT2D eigenvalue weighted by Crippen LogP contribution is -2.05. The van der Waals surface area contributed by atoms with Crippen LogP contribution in [-0.4, -0.2) is 4.98 Å². The smallest absolute Gasteiger partial charge is 0.122 e. The van der Waals surface area contributed by atoms with Crippen LogP contribution in [0.3, 0.4) is 0 Å². The molecule has 2 N–H and O–H groups in total. The third-order valence-electron chi connectivity index (χ3n) is 2.84. The number of aryl methyl sites for hydroxylation is 1. The van der Waals surface area contributed by atoms with E-state index in [-0.39, 0.29) is 6.04 Å². The topological polar surface area (TPSA) is 48.1 Å². The van der Waals surface area contributed by atoms with Crippen molar-refractivity contribution >= 4 is 0 Å². The first-order valence-corrected chi connectivity index (χ1v) is 6.04. The van der Waals surface area contributed by atoms with Gasteiger partial charge in [0.15, 0.2) is 0 Å². The molecule has 0 saturated carbocycles. The Bertz CT molecular complexity index is 509. The molecule has 0 bridgehead atoms. The second kappa shape index (κ2) is 5.65. The number of hydrogen-bond donors (Lipinski definition) is 1. The highest BCUT2D eigenvalue weighted by molar-refractivity contribution is 5.37. The Labute approximate surface area is 108 Å². The van der Waals surface area contributed by atoms with Crippen molar-refractivity contribution < 1.29 is 4.74 Å². The number of ether oxygens (including phenoxy) is 1. The van der Waals surface area contributed by atoms with Crippen LogP contribution >= 0.6 is 0 Å². The Hall–Kier alpha value is -1.87. The first-order valence-electron chi connectivity index (χ1n) is 6.04. The molecule has 0 aliphatic heterocycles. The third kappa shape index (κ3) is 3.08. The predicted molar refractivity (Wildman–Crippen MR) is 72.4 cm³/mol. The molecule has 0 aliphatic rings. The molecule has 2 rings (SSSR count). The second-order valence-electron chi connectivity index (χ2n) is 4.46. The number of hydrogen-bond acceptors (Lipinski definition) is 3. The highest BCUT2D eigenvalue weighted by Crippen LogP contribution is 2.22. The van der Waals surface area contributed by atoms with Gasteiger partial charge in [0.2, 0.25) is 0 Å². The summed E-state index contributed by atoms with van der Waals surface area (Å²) in [5, 5.41) is 0. The summed E-state index contributed by atoms with van der Waals surface area (Å²) < 4.78 is 5.78. The molecule has 0 spiro atoms. The van der Waals surface area contributed by atoms with Gasteiger partial charge < -0.3 is 10.5 Å². The molecule has 0 amide bonds. The van der Waals surface area contributed by atoms with Crippen molar-refractivity contribution in [1.82, 2.24) is 4.98 Å². The first-order chi connectivity index (χ1) is 8.66. The molecule has 0 radical (unpaired) electrons. The molecule has 3 nitrogen and oxygen atoms in total. The van der Waals surface area contributed by atoms with Crippen LogP contribution in [0, 0.1) is 6.92 Å². The molecule has 1 atom stereocenters. The lowest BCUT2D eigenvalue weighted by molar-refractivity contribution is 0.303. The van der Waals surface area contributed by atoms with Crippen molar-refractivity contribution in [3.05, 3.63) is 59.4 Å². The minimum Gasteiger partial charge on any atom is -0.489 e. The zero-order valence-corrected chi connectivity index (χ0v) is 10.8. The fourth-order valence-electron chi connectivity index (χ4n) is 1.76. The molecule has 1 heterocycles. The fourth-order valence-corrected chi connectivity index (χ4v) is 1.76. The van der Waals surface area contributed by atoms with Crippen molar-refractivity contribution in [2.45, 2.75) is 26.5 Å². The Morgan fingerprint density at radius 3 is 2.78 bits per heavy atom. The second-order valence-corrected chi connectivity index (χ2v) is 4.46. The minimum absolute atomic E-state index is 0.0519. The Morgan fingerprint density at radius 1 is 1.33 bits per heavy atom. The van der Waals surface area contributed by atoms with Crippen LogP contribution in [0.2, 0.25) is 0 Å². The van der Waals surface area contributed by atoms with Gasteiger partial charge in [0.1, 0.15) is 12.4 Å². The van der Waals surface area contributed by atoms with Gasteiger partial charge in [-0.3, -0.25) is 4.98 Å². The van der Waals surface area contributed by atoms with E-state index in [1.54, 1.807) is 6.20 Å². The van der Waals surface area contributed by atoms with Crippen molar-refractivity contribution in [2.75, 3.05) is 0 Å². The maximum atomic E-state index is 5.85. The normalized spacial score (nSPS) is 12.2. The van der Waals surface area contributed by atoms with Crippen molar-refractivity contribution in [2.24, 2.45) is 5.73 Å². The molecular formula is C15H18N2O. The Balaban J connectivity index is 2.06.